The second-order valence-corrected chi connectivity index (χ2v) is 4.57. The largest absolute Gasteiger partial charge is 0.506 e. The summed E-state index contributed by atoms with van der Waals surface area (Å²) >= 11 is 0. The lowest BCUT2D eigenvalue weighted by atomic mass is 10.1. The lowest BCUT2D eigenvalue weighted by molar-refractivity contribution is -0.384. The molecule has 18 heavy (non-hydrogen) atoms. The number of rotatable bonds is 4. The van der Waals surface area contributed by atoms with Gasteiger partial charge in [-0.05, 0) is 24.8 Å². The Balaban J connectivity index is 2.14. The first-order chi connectivity index (χ1) is 8.49. The van der Waals surface area contributed by atoms with E-state index < -0.39 is 4.92 Å². The van der Waals surface area contributed by atoms with Crippen molar-refractivity contribution >= 4 is 17.3 Å². The minimum atomic E-state index is -0.570. The fourth-order valence-corrected chi connectivity index (χ4v) is 1.79. The highest BCUT2D eigenvalue weighted by molar-refractivity contribution is 5.94. The molecule has 0 spiro atoms. The first-order valence-electron chi connectivity index (χ1n) is 5.77. The van der Waals surface area contributed by atoms with Crippen molar-refractivity contribution in [2.45, 2.75) is 19.8 Å². The van der Waals surface area contributed by atoms with Gasteiger partial charge in [0, 0.05) is 18.1 Å². The van der Waals surface area contributed by atoms with Crippen LogP contribution in [0.3, 0.4) is 0 Å². The number of nitrogens with zero attached hydrogens (tertiary/aromatic N) is 1. The Bertz CT molecular complexity index is 497. The molecule has 1 aromatic rings. The van der Waals surface area contributed by atoms with Crippen LogP contribution in [-0.4, -0.2) is 15.9 Å². The second kappa shape index (κ2) is 4.64. The van der Waals surface area contributed by atoms with Crippen LogP contribution in [0.15, 0.2) is 18.2 Å². The molecular weight excluding hydrogens is 236 g/mol. The van der Waals surface area contributed by atoms with Crippen molar-refractivity contribution in [2.24, 2.45) is 11.8 Å². The van der Waals surface area contributed by atoms with Crippen LogP contribution >= 0.6 is 0 Å². The molecule has 0 radical (unpaired) electrons. The number of carbonyl (C=O) groups is 1. The monoisotopic (exact) mass is 250 g/mol. The van der Waals surface area contributed by atoms with Gasteiger partial charge in [-0.3, -0.25) is 14.9 Å². The van der Waals surface area contributed by atoms with E-state index in [1.54, 1.807) is 0 Å². The van der Waals surface area contributed by atoms with Gasteiger partial charge in [-0.15, -0.1) is 0 Å². The molecule has 96 valence electrons. The molecular formula is C12H14N2O4. The molecule has 0 saturated heterocycles. The Labute approximate surface area is 104 Å². The van der Waals surface area contributed by atoms with E-state index >= 15 is 0 Å². The van der Waals surface area contributed by atoms with Crippen LogP contribution in [-0.2, 0) is 4.79 Å². The van der Waals surface area contributed by atoms with Gasteiger partial charge in [-0.2, -0.15) is 0 Å². The van der Waals surface area contributed by atoms with Gasteiger partial charge in [-0.1, -0.05) is 6.92 Å². The summed E-state index contributed by atoms with van der Waals surface area (Å²) in [6.45, 7) is 1.82. The zero-order valence-corrected chi connectivity index (χ0v) is 9.92. The number of hydrogen-bond donors (Lipinski definition) is 2. The molecule has 1 amide bonds. The van der Waals surface area contributed by atoms with Crippen LogP contribution in [0.1, 0.15) is 19.8 Å². The van der Waals surface area contributed by atoms with Gasteiger partial charge in [-0.25, -0.2) is 0 Å². The summed E-state index contributed by atoms with van der Waals surface area (Å²) in [5.41, 5.74) is -0.0797. The fourth-order valence-electron chi connectivity index (χ4n) is 1.79. The van der Waals surface area contributed by atoms with Gasteiger partial charge in [0.2, 0.25) is 5.91 Å². The zero-order chi connectivity index (χ0) is 13.3. The van der Waals surface area contributed by atoms with Gasteiger partial charge in [0.1, 0.15) is 5.75 Å². The van der Waals surface area contributed by atoms with Crippen LogP contribution in [0.2, 0.25) is 0 Å². The number of carbonyl (C=O) groups excluding carboxylic acids is 1. The topological polar surface area (TPSA) is 92.5 Å². The zero-order valence-electron chi connectivity index (χ0n) is 9.92. The lowest BCUT2D eigenvalue weighted by Gasteiger charge is -2.11. The van der Waals surface area contributed by atoms with Crippen molar-refractivity contribution in [3.63, 3.8) is 0 Å². The number of nitrogens with one attached hydrogen (secondary N) is 1. The minimum Gasteiger partial charge on any atom is -0.506 e. The molecule has 2 N–H and O–H groups in total. The van der Waals surface area contributed by atoms with E-state index in [1.807, 2.05) is 6.92 Å². The number of amides is 1. The summed E-state index contributed by atoms with van der Waals surface area (Å²) in [4.78, 5) is 21.9. The van der Waals surface area contributed by atoms with Crippen molar-refractivity contribution in [3.05, 3.63) is 28.3 Å². The normalized spacial score (nSPS) is 16.1. The average molecular weight is 250 g/mol. The first-order valence-corrected chi connectivity index (χ1v) is 5.77. The smallest absolute Gasteiger partial charge is 0.271 e. The summed E-state index contributed by atoms with van der Waals surface area (Å²) in [6, 6.07) is 3.55. The van der Waals surface area contributed by atoms with Crippen LogP contribution < -0.4 is 5.32 Å². The third kappa shape index (κ3) is 2.58. The maximum atomic E-state index is 11.8. The Hall–Kier alpha value is -2.11. The predicted molar refractivity (Wildman–Crippen MR) is 65.3 cm³/mol. The summed E-state index contributed by atoms with van der Waals surface area (Å²) in [5.74, 6) is -0.125. The standard InChI is InChI=1S/C12H14N2O4/c1-7(8-2-3-8)12(16)13-10-6-9(14(17)18)4-5-11(10)15/h4-8,15H,2-3H2,1H3,(H,13,16). The summed E-state index contributed by atoms with van der Waals surface area (Å²) in [6.07, 6.45) is 2.07. The van der Waals surface area contributed by atoms with Gasteiger partial charge in [0.05, 0.1) is 10.6 Å². The van der Waals surface area contributed by atoms with Crippen molar-refractivity contribution in [3.8, 4) is 5.75 Å². The summed E-state index contributed by atoms with van der Waals surface area (Å²) in [5, 5.41) is 22.7. The molecule has 6 heteroatoms. The molecule has 0 aromatic heterocycles. The minimum absolute atomic E-state index is 0.0849. The summed E-state index contributed by atoms with van der Waals surface area (Å²) < 4.78 is 0. The maximum Gasteiger partial charge on any atom is 0.271 e. The van der Waals surface area contributed by atoms with Gasteiger partial charge in [0.15, 0.2) is 0 Å². The molecule has 2 rings (SSSR count). The van der Waals surface area contributed by atoms with Crippen LogP contribution in [0.4, 0.5) is 11.4 Å². The van der Waals surface area contributed by atoms with Crippen molar-refractivity contribution in [1.29, 1.82) is 0 Å². The Morgan fingerprint density at radius 2 is 2.22 bits per heavy atom. The number of phenols is 1. The SMILES string of the molecule is CC(C(=O)Nc1cc([N+](=O)[O-])ccc1O)C1CC1. The molecule has 0 bridgehead atoms. The second-order valence-electron chi connectivity index (χ2n) is 4.57. The fraction of sp³-hybridized carbons (Fsp3) is 0.417. The number of aromatic hydroxyl groups is 1. The number of nitro benzene ring substituents is 1. The molecule has 1 aromatic carbocycles. The predicted octanol–water partition coefficient (Wildman–Crippen LogP) is 2.29. The molecule has 1 aliphatic carbocycles. The first kappa shape index (κ1) is 12.3. The Morgan fingerprint density at radius 3 is 2.78 bits per heavy atom. The maximum absolute atomic E-state index is 11.8. The molecule has 1 unspecified atom stereocenters. The quantitative estimate of drug-likeness (QED) is 0.487. The van der Waals surface area contributed by atoms with Gasteiger partial charge < -0.3 is 10.4 Å². The molecule has 1 fully saturated rings. The highest BCUT2D eigenvalue weighted by Gasteiger charge is 2.32. The highest BCUT2D eigenvalue weighted by Crippen LogP contribution is 2.37. The van der Waals surface area contributed by atoms with Crippen molar-refractivity contribution in [2.75, 3.05) is 5.32 Å². The average Bonchev–Trinajstić information content (AvgIpc) is 3.14. The molecule has 0 aliphatic heterocycles. The third-order valence-electron chi connectivity index (χ3n) is 3.19. The van der Waals surface area contributed by atoms with Crippen LogP contribution in [0.25, 0.3) is 0 Å². The number of non-ortho nitro benzene ring substituents is 1. The van der Waals surface area contributed by atoms with Crippen molar-refractivity contribution < 1.29 is 14.8 Å². The van der Waals surface area contributed by atoms with E-state index in [9.17, 15) is 20.0 Å². The molecule has 0 heterocycles. The number of phenolic OH excluding ortho intramolecular Hbond substituents is 1. The Morgan fingerprint density at radius 1 is 1.56 bits per heavy atom. The van der Waals surface area contributed by atoms with E-state index in [0.717, 1.165) is 18.9 Å². The van der Waals surface area contributed by atoms with Gasteiger partial charge >= 0.3 is 0 Å². The third-order valence-corrected chi connectivity index (χ3v) is 3.19. The number of hydrogen-bond acceptors (Lipinski definition) is 4. The number of nitro groups is 1. The van der Waals surface area contributed by atoms with E-state index in [4.69, 9.17) is 0 Å². The van der Waals surface area contributed by atoms with Crippen LogP contribution in [0, 0.1) is 22.0 Å². The van der Waals surface area contributed by atoms with Crippen molar-refractivity contribution in [1.82, 2.24) is 0 Å². The Kier molecular flexibility index (Phi) is 3.18. The van der Waals surface area contributed by atoms with E-state index in [2.05, 4.69) is 5.32 Å². The number of anilines is 1. The van der Waals surface area contributed by atoms with E-state index in [0.29, 0.717) is 5.92 Å². The number of benzene rings is 1. The van der Waals surface area contributed by atoms with E-state index in [-0.39, 0.29) is 28.9 Å². The highest BCUT2D eigenvalue weighted by atomic mass is 16.6. The molecule has 6 nitrogen and oxygen atoms in total. The molecule has 1 atom stereocenters. The molecule has 1 saturated carbocycles. The lowest BCUT2D eigenvalue weighted by Crippen LogP contribution is -2.21. The van der Waals surface area contributed by atoms with Crippen LogP contribution in [0.5, 0.6) is 5.75 Å². The summed E-state index contributed by atoms with van der Waals surface area (Å²) in [7, 11) is 0. The molecule has 1 aliphatic rings. The van der Waals surface area contributed by atoms with Gasteiger partial charge in [0.25, 0.3) is 5.69 Å². The van der Waals surface area contributed by atoms with E-state index in [1.165, 1.54) is 12.1 Å².